The van der Waals surface area contributed by atoms with Crippen LogP contribution in [0.15, 0.2) is 48.1 Å². The molecule has 1 aliphatic heterocycles. The van der Waals surface area contributed by atoms with Crippen LogP contribution in [0.4, 0.5) is 0 Å². The molecule has 1 aromatic heterocycles. The number of halogens is 1. The molecule has 1 aromatic carbocycles. The third-order valence-corrected chi connectivity index (χ3v) is 3.21. The van der Waals surface area contributed by atoms with E-state index in [9.17, 15) is 0 Å². The second-order valence-electron chi connectivity index (χ2n) is 4.73. The Morgan fingerprint density at radius 1 is 1.23 bits per heavy atom. The summed E-state index contributed by atoms with van der Waals surface area (Å²) in [4.78, 5) is 13.4. The fourth-order valence-corrected chi connectivity index (χ4v) is 2.15. The van der Waals surface area contributed by atoms with Crippen LogP contribution in [-0.4, -0.2) is 34.9 Å². The van der Waals surface area contributed by atoms with E-state index in [1.54, 1.807) is 12.4 Å². The minimum absolute atomic E-state index is 0. The Labute approximate surface area is 134 Å². The summed E-state index contributed by atoms with van der Waals surface area (Å²) < 4.78 is 5.87. The molecule has 3 rings (SSSR count). The van der Waals surface area contributed by atoms with Gasteiger partial charge in [-0.15, -0.1) is 12.4 Å². The smallest absolute Gasteiger partial charge is 0.166 e. The molecule has 0 radical (unpaired) electrons. The van der Waals surface area contributed by atoms with Gasteiger partial charge in [-0.1, -0.05) is 23.4 Å². The van der Waals surface area contributed by atoms with E-state index in [-0.39, 0.29) is 18.5 Å². The highest BCUT2D eigenvalue weighted by Gasteiger charge is 2.21. The summed E-state index contributed by atoms with van der Waals surface area (Å²) in [5.41, 5.74) is 8.28. The summed E-state index contributed by atoms with van der Waals surface area (Å²) >= 11 is 0. The number of nitrogens with two attached hydrogens (primary N) is 1. The van der Waals surface area contributed by atoms with Crippen LogP contribution in [0, 0.1) is 0 Å². The molecule has 116 valence electrons. The monoisotopic (exact) mass is 320 g/mol. The van der Waals surface area contributed by atoms with Crippen LogP contribution in [0.25, 0.3) is 11.1 Å². The number of ether oxygens (including phenoxy) is 1. The van der Waals surface area contributed by atoms with Crippen LogP contribution in [-0.2, 0) is 4.84 Å². The van der Waals surface area contributed by atoms with Crippen LogP contribution in [0.5, 0.6) is 5.75 Å². The minimum Gasteiger partial charge on any atom is -0.489 e. The highest BCUT2D eigenvalue weighted by Crippen LogP contribution is 2.29. The predicted octanol–water partition coefficient (Wildman–Crippen LogP) is 2.05. The van der Waals surface area contributed by atoms with Crippen molar-refractivity contribution in [2.24, 2.45) is 10.9 Å². The maximum absolute atomic E-state index is 5.87. The molecule has 1 atom stereocenters. The Kier molecular flexibility index (Phi) is 5.68. The largest absolute Gasteiger partial charge is 0.489 e. The van der Waals surface area contributed by atoms with E-state index >= 15 is 0 Å². The molecule has 0 spiro atoms. The Morgan fingerprint density at radius 3 is 2.73 bits per heavy atom. The second-order valence-corrected chi connectivity index (χ2v) is 4.73. The van der Waals surface area contributed by atoms with Crippen molar-refractivity contribution in [1.29, 1.82) is 0 Å². The van der Waals surface area contributed by atoms with Crippen molar-refractivity contribution in [2.45, 2.75) is 12.5 Å². The van der Waals surface area contributed by atoms with Crippen molar-refractivity contribution >= 4 is 18.1 Å². The standard InChI is InChI=1S/C15H16N4O2.ClH/c16-6-12-5-13(21-19-12)9-20-15-4-2-1-3-14(15)11-7-17-10-18-8-11;/h1-4,7-8,10,13H,5-6,9,16H2;1H. The number of rotatable bonds is 5. The van der Waals surface area contributed by atoms with Crippen LogP contribution in [0.1, 0.15) is 6.42 Å². The molecule has 0 saturated heterocycles. The highest BCUT2D eigenvalue weighted by molar-refractivity contribution is 5.87. The first-order chi connectivity index (χ1) is 10.4. The molecule has 0 fully saturated rings. The molecule has 2 heterocycles. The first-order valence-corrected chi connectivity index (χ1v) is 6.75. The van der Waals surface area contributed by atoms with Gasteiger partial charge in [0.15, 0.2) is 6.10 Å². The van der Waals surface area contributed by atoms with Gasteiger partial charge in [-0.05, 0) is 6.07 Å². The number of oxime groups is 1. The van der Waals surface area contributed by atoms with E-state index in [2.05, 4.69) is 15.1 Å². The minimum atomic E-state index is -0.0800. The van der Waals surface area contributed by atoms with Crippen molar-refractivity contribution in [3.05, 3.63) is 43.0 Å². The van der Waals surface area contributed by atoms with Gasteiger partial charge < -0.3 is 15.3 Å². The van der Waals surface area contributed by atoms with E-state index < -0.39 is 0 Å². The average Bonchev–Trinajstić information content (AvgIpc) is 3.02. The molecular weight excluding hydrogens is 304 g/mol. The zero-order valence-electron chi connectivity index (χ0n) is 11.9. The van der Waals surface area contributed by atoms with Gasteiger partial charge in [-0.2, -0.15) is 0 Å². The Hall–Kier alpha value is -2.18. The van der Waals surface area contributed by atoms with Crippen molar-refractivity contribution in [3.8, 4) is 16.9 Å². The lowest BCUT2D eigenvalue weighted by Gasteiger charge is -2.13. The molecule has 0 saturated carbocycles. The van der Waals surface area contributed by atoms with E-state index in [0.29, 0.717) is 19.6 Å². The summed E-state index contributed by atoms with van der Waals surface area (Å²) in [6.45, 7) is 0.853. The zero-order chi connectivity index (χ0) is 14.5. The van der Waals surface area contributed by atoms with Crippen LogP contribution in [0.3, 0.4) is 0 Å². The topological polar surface area (TPSA) is 82.6 Å². The number of hydrogen-bond acceptors (Lipinski definition) is 6. The lowest BCUT2D eigenvalue weighted by molar-refractivity contribution is 0.0472. The maximum Gasteiger partial charge on any atom is 0.166 e. The Balaban J connectivity index is 0.00000176. The quantitative estimate of drug-likeness (QED) is 0.911. The van der Waals surface area contributed by atoms with Crippen LogP contribution < -0.4 is 10.5 Å². The van der Waals surface area contributed by atoms with Crippen molar-refractivity contribution in [3.63, 3.8) is 0 Å². The fraction of sp³-hybridized carbons (Fsp3) is 0.267. The Morgan fingerprint density at radius 2 is 2.00 bits per heavy atom. The maximum atomic E-state index is 5.87. The molecule has 2 N–H and O–H groups in total. The normalized spacial score (nSPS) is 16.4. The number of nitrogens with zero attached hydrogens (tertiary/aromatic N) is 3. The van der Waals surface area contributed by atoms with Gasteiger partial charge in [-0.25, -0.2) is 9.97 Å². The summed E-state index contributed by atoms with van der Waals surface area (Å²) in [5, 5.41) is 3.92. The lowest BCUT2D eigenvalue weighted by Crippen LogP contribution is -2.20. The van der Waals surface area contributed by atoms with Crippen molar-refractivity contribution in [1.82, 2.24) is 9.97 Å². The van der Waals surface area contributed by atoms with Gasteiger partial charge in [-0.3, -0.25) is 0 Å². The third-order valence-electron chi connectivity index (χ3n) is 3.21. The molecule has 2 aromatic rings. The van der Waals surface area contributed by atoms with E-state index in [0.717, 1.165) is 22.6 Å². The van der Waals surface area contributed by atoms with Gasteiger partial charge in [0, 0.05) is 36.5 Å². The van der Waals surface area contributed by atoms with Gasteiger partial charge in [0.25, 0.3) is 0 Å². The van der Waals surface area contributed by atoms with Gasteiger partial charge in [0.1, 0.15) is 18.7 Å². The predicted molar refractivity (Wildman–Crippen MR) is 86.2 cm³/mol. The molecule has 6 nitrogen and oxygen atoms in total. The van der Waals surface area contributed by atoms with E-state index in [1.807, 2.05) is 24.3 Å². The molecule has 0 aliphatic carbocycles. The Bertz CT molecular complexity index is 636. The SMILES string of the molecule is Cl.NCC1=NOC(COc2ccccc2-c2cncnc2)C1. The lowest BCUT2D eigenvalue weighted by atomic mass is 10.1. The summed E-state index contributed by atoms with van der Waals surface area (Å²) in [7, 11) is 0. The third kappa shape index (κ3) is 3.72. The number of aromatic nitrogens is 2. The summed E-state index contributed by atoms with van der Waals surface area (Å²) in [5.74, 6) is 0.775. The molecule has 22 heavy (non-hydrogen) atoms. The molecule has 0 bridgehead atoms. The van der Waals surface area contributed by atoms with Crippen molar-refractivity contribution < 1.29 is 9.57 Å². The first kappa shape index (κ1) is 16.2. The first-order valence-electron chi connectivity index (χ1n) is 6.75. The van der Waals surface area contributed by atoms with E-state index in [4.69, 9.17) is 15.3 Å². The second kappa shape index (κ2) is 7.72. The fourth-order valence-electron chi connectivity index (χ4n) is 2.15. The molecule has 0 amide bonds. The van der Waals surface area contributed by atoms with Gasteiger partial charge >= 0.3 is 0 Å². The number of para-hydroxylation sites is 1. The van der Waals surface area contributed by atoms with Gasteiger partial charge in [0.2, 0.25) is 0 Å². The average molecular weight is 321 g/mol. The van der Waals surface area contributed by atoms with Crippen LogP contribution in [0.2, 0.25) is 0 Å². The molecule has 7 heteroatoms. The van der Waals surface area contributed by atoms with Gasteiger partial charge in [0.05, 0.1) is 5.71 Å². The number of hydrogen-bond donors (Lipinski definition) is 1. The summed E-state index contributed by atoms with van der Waals surface area (Å²) in [6, 6.07) is 7.78. The van der Waals surface area contributed by atoms with E-state index in [1.165, 1.54) is 6.33 Å². The molecular formula is C15H17ClN4O2. The zero-order valence-corrected chi connectivity index (χ0v) is 12.7. The van der Waals surface area contributed by atoms with Crippen molar-refractivity contribution in [2.75, 3.05) is 13.2 Å². The van der Waals surface area contributed by atoms with Crippen LogP contribution >= 0.6 is 12.4 Å². The number of benzene rings is 1. The highest BCUT2D eigenvalue weighted by atomic mass is 35.5. The molecule has 1 unspecified atom stereocenters. The summed E-state index contributed by atoms with van der Waals surface area (Å²) in [6.07, 6.45) is 5.66. The molecule has 1 aliphatic rings.